The zero-order valence-corrected chi connectivity index (χ0v) is 7.34. The molecule has 1 heterocycles. The first-order chi connectivity index (χ1) is 4.79. The monoisotopic (exact) mass is 173 g/mol. The molecule has 0 aliphatic heterocycles. The van der Waals surface area contributed by atoms with Crippen LogP contribution in [0.25, 0.3) is 0 Å². The molecule has 10 heavy (non-hydrogen) atoms. The Morgan fingerprint density at radius 2 is 2.60 bits per heavy atom. The van der Waals surface area contributed by atoms with E-state index in [1.165, 1.54) is 0 Å². The normalized spacial score (nSPS) is 10.7. The number of hydrogen-bond acceptors (Lipinski definition) is 3. The molecule has 0 bridgehead atoms. The Labute approximate surface area is 68.6 Å². The van der Waals surface area contributed by atoms with Gasteiger partial charge in [-0.1, -0.05) is 17.7 Å². The highest BCUT2D eigenvalue weighted by atomic mass is 33.1. The van der Waals surface area contributed by atoms with Crippen LogP contribution in [0.5, 0.6) is 0 Å². The maximum Gasteiger partial charge on any atom is 0.176 e. The second-order valence-electron chi connectivity index (χ2n) is 1.88. The van der Waals surface area contributed by atoms with Crippen LogP contribution in [0.1, 0.15) is 6.92 Å². The second kappa shape index (κ2) is 3.93. The van der Waals surface area contributed by atoms with Crippen molar-refractivity contribution in [3.8, 4) is 0 Å². The minimum Gasteiger partial charge on any atom is -0.339 e. The van der Waals surface area contributed by atoms with Gasteiger partial charge >= 0.3 is 0 Å². The van der Waals surface area contributed by atoms with Crippen molar-refractivity contribution in [3.63, 3.8) is 0 Å². The van der Waals surface area contributed by atoms with Gasteiger partial charge in [-0.3, -0.25) is 0 Å². The molecule has 1 N–H and O–H groups in total. The molecule has 1 radical (unpaired) electrons. The van der Waals surface area contributed by atoms with Crippen LogP contribution in [0.3, 0.4) is 0 Å². The average molecular weight is 173 g/mol. The minimum atomic E-state index is 0.398. The number of imidazole rings is 1. The summed E-state index contributed by atoms with van der Waals surface area (Å²) in [5, 5.41) is 1.34. The summed E-state index contributed by atoms with van der Waals surface area (Å²) in [6.07, 6.45) is 3.56. The van der Waals surface area contributed by atoms with Crippen LogP contribution >= 0.6 is 21.6 Å². The summed E-state index contributed by atoms with van der Waals surface area (Å²) in [4.78, 5) is 7.04. The summed E-state index contributed by atoms with van der Waals surface area (Å²) in [6.45, 7) is 5.89. The number of H-pyrrole nitrogens is 1. The van der Waals surface area contributed by atoms with Gasteiger partial charge in [-0.25, -0.2) is 4.98 Å². The van der Waals surface area contributed by atoms with Gasteiger partial charge in [-0.15, -0.1) is 0 Å². The number of rotatable bonds is 3. The van der Waals surface area contributed by atoms with Crippen molar-refractivity contribution in [1.82, 2.24) is 9.97 Å². The van der Waals surface area contributed by atoms with E-state index in [0.29, 0.717) is 5.25 Å². The van der Waals surface area contributed by atoms with E-state index in [9.17, 15) is 0 Å². The molecule has 1 rings (SSSR count). The molecule has 0 amide bonds. The number of hydrogen-bond donors (Lipinski definition) is 1. The summed E-state index contributed by atoms with van der Waals surface area (Å²) in [7, 11) is 3.32. The van der Waals surface area contributed by atoms with E-state index in [0.717, 1.165) is 5.16 Å². The molecule has 0 saturated carbocycles. The van der Waals surface area contributed by atoms with E-state index in [2.05, 4.69) is 23.8 Å². The molecule has 1 unspecified atom stereocenters. The molecule has 2 nitrogen and oxygen atoms in total. The van der Waals surface area contributed by atoms with Crippen LogP contribution in [0, 0.1) is 6.92 Å². The fourth-order valence-corrected chi connectivity index (χ4v) is 1.94. The van der Waals surface area contributed by atoms with Gasteiger partial charge in [-0.2, -0.15) is 0 Å². The molecule has 0 aliphatic carbocycles. The third kappa shape index (κ3) is 2.66. The van der Waals surface area contributed by atoms with Crippen LogP contribution in [-0.2, 0) is 0 Å². The molecule has 0 spiro atoms. The fraction of sp³-hybridized carbons (Fsp3) is 0.333. The largest absolute Gasteiger partial charge is 0.339 e. The molecule has 1 aromatic heterocycles. The highest BCUT2D eigenvalue weighted by Gasteiger charge is 1.98. The van der Waals surface area contributed by atoms with Gasteiger partial charge < -0.3 is 4.98 Å². The summed E-state index contributed by atoms with van der Waals surface area (Å²) >= 11 is 0. The van der Waals surface area contributed by atoms with Crippen molar-refractivity contribution in [2.75, 3.05) is 0 Å². The Bertz CT molecular complexity index is 172. The van der Waals surface area contributed by atoms with Crippen LogP contribution in [0.2, 0.25) is 0 Å². The highest BCUT2D eigenvalue weighted by Crippen LogP contribution is 2.30. The van der Waals surface area contributed by atoms with Crippen LogP contribution in [0.4, 0.5) is 0 Å². The number of aromatic amines is 1. The molecule has 0 aliphatic rings. The first-order valence-corrected chi connectivity index (χ1v) is 5.16. The average Bonchev–Trinajstić information content (AvgIpc) is 2.34. The molecule has 4 heteroatoms. The first kappa shape index (κ1) is 8.01. The predicted octanol–water partition coefficient (Wildman–Crippen LogP) is 2.37. The van der Waals surface area contributed by atoms with Crippen molar-refractivity contribution in [2.24, 2.45) is 0 Å². The van der Waals surface area contributed by atoms with Crippen molar-refractivity contribution in [1.29, 1.82) is 0 Å². The number of nitrogens with one attached hydrogen (secondary N) is 1. The van der Waals surface area contributed by atoms with Gasteiger partial charge in [0.05, 0.1) is 0 Å². The third-order valence-electron chi connectivity index (χ3n) is 0.764. The number of aromatic nitrogens is 2. The Morgan fingerprint density at radius 1 is 1.80 bits per heavy atom. The SMILES string of the molecule is [CH2]C(C)SSc1ncc[nH]1. The maximum absolute atomic E-state index is 4.05. The first-order valence-electron chi connectivity index (χ1n) is 2.95. The van der Waals surface area contributed by atoms with Crippen LogP contribution < -0.4 is 0 Å². The summed E-state index contributed by atoms with van der Waals surface area (Å²) in [5.41, 5.74) is 0. The van der Waals surface area contributed by atoms with Crippen molar-refractivity contribution in [2.45, 2.75) is 17.3 Å². The quantitative estimate of drug-likeness (QED) is 0.711. The predicted molar refractivity (Wildman–Crippen MR) is 46.9 cm³/mol. The Morgan fingerprint density at radius 3 is 3.10 bits per heavy atom. The van der Waals surface area contributed by atoms with E-state index in [1.807, 2.05) is 6.20 Å². The molecular weight excluding hydrogens is 164 g/mol. The fourth-order valence-electron chi connectivity index (χ4n) is 0.424. The lowest BCUT2D eigenvalue weighted by atomic mass is 10.6. The molecule has 1 atom stereocenters. The van der Waals surface area contributed by atoms with E-state index in [4.69, 9.17) is 0 Å². The van der Waals surface area contributed by atoms with Crippen molar-refractivity contribution in [3.05, 3.63) is 19.3 Å². The Hall–Kier alpha value is -0.0900. The molecule has 0 aromatic carbocycles. The smallest absolute Gasteiger partial charge is 0.176 e. The zero-order chi connectivity index (χ0) is 7.40. The minimum absolute atomic E-state index is 0.398. The van der Waals surface area contributed by atoms with Gasteiger partial charge in [0.2, 0.25) is 0 Å². The second-order valence-corrected chi connectivity index (χ2v) is 4.51. The molecular formula is C6H9N2S2. The van der Waals surface area contributed by atoms with Crippen LogP contribution in [-0.4, -0.2) is 15.2 Å². The van der Waals surface area contributed by atoms with Gasteiger partial charge in [0, 0.05) is 17.6 Å². The van der Waals surface area contributed by atoms with E-state index in [-0.39, 0.29) is 0 Å². The lowest BCUT2D eigenvalue weighted by Gasteiger charge is -1.98. The topological polar surface area (TPSA) is 28.7 Å². The Balaban J connectivity index is 2.28. The molecule has 0 saturated heterocycles. The van der Waals surface area contributed by atoms with Gasteiger partial charge in [-0.05, 0) is 17.7 Å². The number of nitrogens with zero attached hydrogens (tertiary/aromatic N) is 1. The third-order valence-corrected chi connectivity index (χ3v) is 3.32. The summed E-state index contributed by atoms with van der Waals surface area (Å²) < 4.78 is 0. The van der Waals surface area contributed by atoms with Crippen LogP contribution in [0.15, 0.2) is 17.6 Å². The van der Waals surface area contributed by atoms with E-state index in [1.54, 1.807) is 27.8 Å². The van der Waals surface area contributed by atoms with Gasteiger partial charge in [0.25, 0.3) is 0 Å². The Kier molecular flexibility index (Phi) is 3.15. The molecule has 0 fully saturated rings. The highest BCUT2D eigenvalue weighted by molar-refractivity contribution is 8.76. The lowest BCUT2D eigenvalue weighted by Crippen LogP contribution is -1.81. The summed E-state index contributed by atoms with van der Waals surface area (Å²) in [5.74, 6) is 0. The zero-order valence-electron chi connectivity index (χ0n) is 5.70. The van der Waals surface area contributed by atoms with Crippen molar-refractivity contribution >= 4 is 21.6 Å². The van der Waals surface area contributed by atoms with Gasteiger partial charge in [0.1, 0.15) is 0 Å². The maximum atomic E-state index is 4.05. The molecule has 1 aromatic rings. The summed E-state index contributed by atoms with van der Waals surface area (Å²) in [6, 6.07) is 0. The van der Waals surface area contributed by atoms with Crippen molar-refractivity contribution < 1.29 is 0 Å². The lowest BCUT2D eigenvalue weighted by molar-refractivity contribution is 1.07. The molecule has 55 valence electrons. The van der Waals surface area contributed by atoms with E-state index >= 15 is 0 Å². The van der Waals surface area contributed by atoms with Gasteiger partial charge in [0.15, 0.2) is 5.16 Å². The van der Waals surface area contributed by atoms with E-state index < -0.39 is 0 Å². The standard InChI is InChI=1S/C6H9N2S2/c1-5(2)9-10-6-7-3-4-8-6/h3-5H,1H2,2H3,(H,7,8).